The summed E-state index contributed by atoms with van der Waals surface area (Å²) in [6.07, 6.45) is 2.03. The highest BCUT2D eigenvalue weighted by molar-refractivity contribution is 6.96. The van der Waals surface area contributed by atoms with Gasteiger partial charge in [-0.15, -0.1) is 0 Å². The van der Waals surface area contributed by atoms with E-state index in [2.05, 4.69) is 143 Å². The van der Waals surface area contributed by atoms with Gasteiger partial charge in [0, 0.05) is 22.4 Å². The summed E-state index contributed by atoms with van der Waals surface area (Å²) in [7, 11) is 0. The van der Waals surface area contributed by atoms with E-state index >= 15 is 0 Å². The lowest BCUT2D eigenvalue weighted by Crippen LogP contribution is -2.55. The topological polar surface area (TPSA) is 12.9 Å². The first-order valence-corrected chi connectivity index (χ1v) is 14.4. The quantitative estimate of drug-likeness (QED) is 0.168. The number of aromatic nitrogens is 1. The van der Waals surface area contributed by atoms with Crippen LogP contribution in [0.15, 0.2) is 121 Å². The molecule has 6 aromatic carbocycles. The van der Waals surface area contributed by atoms with Gasteiger partial charge >= 0.3 is 0 Å². The summed E-state index contributed by atoms with van der Waals surface area (Å²) in [6.45, 7) is 9.16. The number of aryl methyl sites for hydroxylation is 4. The van der Waals surface area contributed by atoms with E-state index in [9.17, 15) is 0 Å². The number of pyridine rings is 1. The first-order valence-electron chi connectivity index (χ1n) is 14.4. The van der Waals surface area contributed by atoms with Crippen molar-refractivity contribution in [2.75, 3.05) is 0 Å². The zero-order valence-corrected chi connectivity index (χ0v) is 24.1. The van der Waals surface area contributed by atoms with Crippen LogP contribution in [0.25, 0.3) is 43.6 Å². The molecule has 0 saturated carbocycles. The third-order valence-electron chi connectivity index (χ3n) is 8.81. The van der Waals surface area contributed by atoms with Crippen LogP contribution in [-0.4, -0.2) is 11.7 Å². The molecule has 1 nitrogen and oxygen atoms in total. The van der Waals surface area contributed by atoms with Crippen LogP contribution in [0.5, 0.6) is 0 Å². The predicted molar refractivity (Wildman–Crippen MR) is 179 cm³/mol. The molecule has 196 valence electrons. The minimum Gasteiger partial charge on any atom is -0.256 e. The van der Waals surface area contributed by atoms with Crippen molar-refractivity contribution in [2.24, 2.45) is 0 Å². The molecule has 0 aliphatic heterocycles. The Morgan fingerprint density at radius 1 is 0.512 bits per heavy atom. The number of nitrogens with zero attached hydrogens (tertiary/aromatic N) is 1. The van der Waals surface area contributed by atoms with Gasteiger partial charge in [0.1, 0.15) is 0 Å². The van der Waals surface area contributed by atoms with Gasteiger partial charge in [0.25, 0.3) is 0 Å². The summed E-state index contributed by atoms with van der Waals surface area (Å²) in [5, 5.41) is 6.19. The molecule has 0 N–H and O–H groups in total. The molecule has 7 rings (SSSR count). The molecule has 0 saturated heterocycles. The van der Waals surface area contributed by atoms with E-state index in [0.717, 1.165) is 5.52 Å². The van der Waals surface area contributed by atoms with E-state index < -0.39 is 0 Å². The molecule has 0 fully saturated rings. The molecule has 0 amide bonds. The Bertz CT molecular complexity index is 2000. The van der Waals surface area contributed by atoms with E-state index in [4.69, 9.17) is 4.98 Å². The Balaban J connectivity index is 1.43. The molecule has 0 radical (unpaired) electrons. The molecule has 2 heteroatoms. The zero-order valence-electron chi connectivity index (χ0n) is 24.1. The first kappa shape index (κ1) is 25.3. The van der Waals surface area contributed by atoms with Gasteiger partial charge in [0.2, 0.25) is 6.71 Å². The maximum absolute atomic E-state index is 4.79. The van der Waals surface area contributed by atoms with Gasteiger partial charge in [-0.25, -0.2) is 0 Å². The normalized spacial score (nSPS) is 11.4. The average molecular weight is 526 g/mol. The molecular weight excluding hydrogens is 493 g/mol. The minimum absolute atomic E-state index is 0.176. The second kappa shape index (κ2) is 10.1. The third kappa shape index (κ3) is 4.23. The fourth-order valence-electron chi connectivity index (χ4n) is 6.87. The number of para-hydroxylation sites is 1. The highest BCUT2D eigenvalue weighted by Crippen LogP contribution is 2.37. The van der Waals surface area contributed by atoms with E-state index in [-0.39, 0.29) is 6.71 Å². The molecule has 0 bridgehead atoms. The number of rotatable bonds is 4. The van der Waals surface area contributed by atoms with Crippen LogP contribution in [0.1, 0.15) is 22.3 Å². The standard InChI is InChI=1S/C39H32BN/c1-25-11-9-12-26(2)38(25)40(39-27(3)13-10-14-28(39)4)31-21-19-29(20-22-31)35-23-30-24-41-36-18-8-7-17-34(36)37(30)33-16-6-5-15-32(33)35/h5-24H,1-4H3. The third-order valence-corrected chi connectivity index (χ3v) is 8.81. The highest BCUT2D eigenvalue weighted by atomic mass is 14.6. The van der Waals surface area contributed by atoms with Gasteiger partial charge < -0.3 is 0 Å². The Morgan fingerprint density at radius 2 is 1.05 bits per heavy atom. The average Bonchev–Trinajstić information content (AvgIpc) is 2.99. The Morgan fingerprint density at radius 3 is 1.66 bits per heavy atom. The first-order chi connectivity index (χ1) is 20.0. The molecule has 0 unspecified atom stereocenters. The van der Waals surface area contributed by atoms with Gasteiger partial charge in [0.15, 0.2) is 0 Å². The van der Waals surface area contributed by atoms with Gasteiger partial charge in [-0.2, -0.15) is 0 Å². The molecule has 1 heterocycles. The van der Waals surface area contributed by atoms with E-state index in [1.165, 1.54) is 76.7 Å². The second-order valence-corrected chi connectivity index (χ2v) is 11.4. The van der Waals surface area contributed by atoms with Crippen LogP contribution >= 0.6 is 0 Å². The molecule has 7 aromatic rings. The van der Waals surface area contributed by atoms with Gasteiger partial charge in [0.05, 0.1) is 5.52 Å². The summed E-state index contributed by atoms with van der Waals surface area (Å²) in [4.78, 5) is 4.79. The maximum atomic E-state index is 4.79. The van der Waals surface area contributed by atoms with Crippen molar-refractivity contribution in [3.05, 3.63) is 144 Å². The summed E-state index contributed by atoms with van der Waals surface area (Å²) in [6, 6.07) is 42.2. The number of benzene rings is 6. The Labute approximate surface area is 242 Å². The van der Waals surface area contributed by atoms with Crippen molar-refractivity contribution in [1.29, 1.82) is 0 Å². The van der Waals surface area contributed by atoms with Crippen molar-refractivity contribution in [3.63, 3.8) is 0 Å². The number of fused-ring (bicyclic) bond motifs is 5. The van der Waals surface area contributed by atoms with Crippen molar-refractivity contribution < 1.29 is 0 Å². The number of hydrogen-bond donors (Lipinski definition) is 0. The van der Waals surface area contributed by atoms with E-state index in [1.807, 2.05) is 6.20 Å². The van der Waals surface area contributed by atoms with Crippen LogP contribution in [0, 0.1) is 27.7 Å². The van der Waals surface area contributed by atoms with Gasteiger partial charge in [-0.1, -0.05) is 142 Å². The minimum atomic E-state index is 0.176. The molecule has 41 heavy (non-hydrogen) atoms. The van der Waals surface area contributed by atoms with Crippen molar-refractivity contribution >= 4 is 55.5 Å². The fourth-order valence-corrected chi connectivity index (χ4v) is 6.87. The van der Waals surface area contributed by atoms with Gasteiger partial charge in [-0.05, 0) is 61.7 Å². The monoisotopic (exact) mass is 525 g/mol. The molecule has 0 spiro atoms. The Hall–Kier alpha value is -4.69. The van der Waals surface area contributed by atoms with Crippen molar-refractivity contribution in [2.45, 2.75) is 27.7 Å². The molecule has 0 atom stereocenters. The van der Waals surface area contributed by atoms with Crippen molar-refractivity contribution in [3.8, 4) is 11.1 Å². The Kier molecular flexibility index (Phi) is 6.20. The molecule has 0 aliphatic carbocycles. The SMILES string of the molecule is Cc1cccc(C)c1B(c1ccc(-c2cc3cnc4ccccc4c3c3ccccc23)cc1)c1c(C)cccc1C. The lowest BCUT2D eigenvalue weighted by atomic mass is 9.34. The summed E-state index contributed by atoms with van der Waals surface area (Å²) in [5.74, 6) is 0. The summed E-state index contributed by atoms with van der Waals surface area (Å²) in [5.41, 5.74) is 13.0. The zero-order chi connectivity index (χ0) is 28.1. The number of hydrogen-bond acceptors (Lipinski definition) is 1. The summed E-state index contributed by atoms with van der Waals surface area (Å²) >= 11 is 0. The molecular formula is C39H32BN. The van der Waals surface area contributed by atoms with Crippen LogP contribution < -0.4 is 16.4 Å². The van der Waals surface area contributed by atoms with Crippen LogP contribution in [-0.2, 0) is 0 Å². The second-order valence-electron chi connectivity index (χ2n) is 11.4. The summed E-state index contributed by atoms with van der Waals surface area (Å²) < 4.78 is 0. The van der Waals surface area contributed by atoms with Crippen LogP contribution in [0.2, 0.25) is 0 Å². The van der Waals surface area contributed by atoms with Crippen LogP contribution in [0.3, 0.4) is 0 Å². The maximum Gasteiger partial charge on any atom is 0.242 e. The fraction of sp³-hybridized carbons (Fsp3) is 0.103. The lowest BCUT2D eigenvalue weighted by molar-refractivity contribution is 1.41. The largest absolute Gasteiger partial charge is 0.256 e. The van der Waals surface area contributed by atoms with E-state index in [1.54, 1.807) is 0 Å². The molecule has 1 aromatic heterocycles. The lowest BCUT2D eigenvalue weighted by Gasteiger charge is -2.24. The smallest absolute Gasteiger partial charge is 0.242 e. The predicted octanol–water partition coefficient (Wildman–Crippen LogP) is 7.96. The van der Waals surface area contributed by atoms with Gasteiger partial charge in [-0.3, -0.25) is 4.98 Å². The highest BCUT2D eigenvalue weighted by Gasteiger charge is 2.27. The van der Waals surface area contributed by atoms with Crippen LogP contribution in [0.4, 0.5) is 0 Å². The molecule has 0 aliphatic rings. The van der Waals surface area contributed by atoms with Crippen molar-refractivity contribution in [1.82, 2.24) is 4.98 Å². The van der Waals surface area contributed by atoms with E-state index in [0.29, 0.717) is 0 Å².